The second-order valence-corrected chi connectivity index (χ2v) is 9.21. The van der Waals surface area contributed by atoms with Crippen molar-refractivity contribution in [1.82, 2.24) is 14.8 Å². The first kappa shape index (κ1) is 18.4. The molecule has 0 N–H and O–H groups in total. The number of carbonyl (C=O) groups is 2. The van der Waals surface area contributed by atoms with Gasteiger partial charge in [-0.25, -0.2) is 4.68 Å². The molecule has 3 heterocycles. The van der Waals surface area contributed by atoms with Crippen LogP contribution in [0.3, 0.4) is 0 Å². The van der Waals surface area contributed by atoms with Gasteiger partial charge in [0, 0.05) is 11.8 Å². The first-order chi connectivity index (χ1) is 15.2. The number of carbonyl (C=O) groups excluding carboxylic acids is 2. The largest absolute Gasteiger partial charge is 0.272 e. The van der Waals surface area contributed by atoms with Gasteiger partial charge in [0.1, 0.15) is 5.69 Å². The molecule has 2 bridgehead atoms. The van der Waals surface area contributed by atoms with Gasteiger partial charge < -0.3 is 0 Å². The molecule has 1 saturated heterocycles. The van der Waals surface area contributed by atoms with E-state index in [0.29, 0.717) is 0 Å². The summed E-state index contributed by atoms with van der Waals surface area (Å²) in [4.78, 5) is 27.1. The zero-order valence-corrected chi connectivity index (χ0v) is 17.5. The normalized spacial score (nSPS) is 26.9. The summed E-state index contributed by atoms with van der Waals surface area (Å²) in [6.07, 6.45) is 9.68. The van der Waals surface area contributed by atoms with Crippen LogP contribution in [0.1, 0.15) is 18.4 Å². The van der Waals surface area contributed by atoms with Crippen LogP contribution in [-0.4, -0.2) is 32.8 Å². The fourth-order valence-corrected chi connectivity index (χ4v) is 5.82. The molecule has 6 nitrogen and oxygen atoms in total. The molecule has 2 amide bonds. The standard InChI is InChI=1S/C24H20N4O2S/c29-23-20-15-8-9-16(11-10-15)21(20)24(30)28(23)25-13-17-14-27(18-5-2-1-3-6-18)26-22(17)19-7-4-12-31-19/h1-9,12-16,20-21H,10-11H2/b25-13-/t15-,16-,20-,21+/m0/s1. The van der Waals surface area contributed by atoms with Crippen molar-refractivity contribution in [1.29, 1.82) is 0 Å². The second-order valence-electron chi connectivity index (χ2n) is 8.26. The Morgan fingerprint density at radius 1 is 0.968 bits per heavy atom. The summed E-state index contributed by atoms with van der Waals surface area (Å²) >= 11 is 1.59. The molecule has 154 valence electrons. The lowest BCUT2D eigenvalue weighted by Gasteiger charge is -2.37. The number of hydrazone groups is 1. The first-order valence-electron chi connectivity index (χ1n) is 10.5. The lowest BCUT2D eigenvalue weighted by Crippen LogP contribution is -2.38. The first-order valence-corrected chi connectivity index (χ1v) is 11.4. The van der Waals surface area contributed by atoms with E-state index in [1.54, 1.807) is 22.2 Å². The van der Waals surface area contributed by atoms with Gasteiger partial charge in [-0.1, -0.05) is 36.4 Å². The van der Waals surface area contributed by atoms with Crippen LogP contribution in [0.5, 0.6) is 0 Å². The molecule has 0 spiro atoms. The van der Waals surface area contributed by atoms with Crippen LogP contribution in [0.4, 0.5) is 0 Å². The molecule has 2 aromatic heterocycles. The van der Waals surface area contributed by atoms with Crippen molar-refractivity contribution in [3.05, 3.63) is 71.8 Å². The maximum atomic E-state index is 13.0. The van der Waals surface area contributed by atoms with E-state index in [-0.39, 0.29) is 35.5 Å². The van der Waals surface area contributed by atoms with Gasteiger partial charge in [0.05, 0.1) is 28.6 Å². The third-order valence-corrected chi connectivity index (χ3v) is 7.44. The van der Waals surface area contributed by atoms with E-state index < -0.39 is 0 Å². The Bertz CT molecular complexity index is 1180. The predicted molar refractivity (Wildman–Crippen MR) is 119 cm³/mol. The summed E-state index contributed by atoms with van der Waals surface area (Å²) in [5, 5.41) is 12.2. The number of amides is 2. The molecule has 3 aliphatic carbocycles. The SMILES string of the molecule is O=C1[C@@H]2[C@H](C(=O)N1/N=C\c1cn(-c3ccccc3)nc1-c1cccs1)[C@H]1C=C[C@H]2CC1. The van der Waals surface area contributed by atoms with Gasteiger partial charge in [0.15, 0.2) is 0 Å². The highest BCUT2D eigenvalue weighted by molar-refractivity contribution is 7.13. The number of aromatic nitrogens is 2. The molecule has 7 rings (SSSR count). The summed E-state index contributed by atoms with van der Waals surface area (Å²) in [6.45, 7) is 0. The Morgan fingerprint density at radius 2 is 1.68 bits per heavy atom. The minimum Gasteiger partial charge on any atom is -0.272 e. The van der Waals surface area contributed by atoms with E-state index in [4.69, 9.17) is 5.10 Å². The Hall–Kier alpha value is -3.32. The highest BCUT2D eigenvalue weighted by Crippen LogP contribution is 2.49. The molecule has 1 aromatic carbocycles. The average Bonchev–Trinajstić information content (AvgIpc) is 3.54. The summed E-state index contributed by atoms with van der Waals surface area (Å²) < 4.78 is 1.80. The number of benzene rings is 1. The van der Waals surface area contributed by atoms with Crippen LogP contribution in [0, 0.1) is 23.7 Å². The topological polar surface area (TPSA) is 67.6 Å². The number of nitrogens with zero attached hydrogens (tertiary/aromatic N) is 4. The smallest absolute Gasteiger partial charge is 0.254 e. The van der Waals surface area contributed by atoms with E-state index in [1.165, 1.54) is 0 Å². The Morgan fingerprint density at radius 3 is 2.29 bits per heavy atom. The molecule has 1 aliphatic heterocycles. The van der Waals surface area contributed by atoms with Crippen molar-refractivity contribution < 1.29 is 9.59 Å². The molecule has 4 atom stereocenters. The van der Waals surface area contributed by atoms with Gasteiger partial charge >= 0.3 is 0 Å². The van der Waals surface area contributed by atoms with Gasteiger partial charge in [-0.15, -0.1) is 11.3 Å². The highest BCUT2D eigenvalue weighted by Gasteiger charge is 2.56. The van der Waals surface area contributed by atoms with Gasteiger partial charge in [-0.05, 0) is 48.3 Å². The minimum absolute atomic E-state index is 0.161. The third-order valence-electron chi connectivity index (χ3n) is 6.57. The number of allylic oxidation sites excluding steroid dienone is 2. The van der Waals surface area contributed by atoms with E-state index in [9.17, 15) is 9.59 Å². The summed E-state index contributed by atoms with van der Waals surface area (Å²) in [5.41, 5.74) is 2.48. The summed E-state index contributed by atoms with van der Waals surface area (Å²) in [6, 6.07) is 13.8. The molecular weight excluding hydrogens is 408 g/mol. The number of para-hydroxylation sites is 1. The summed E-state index contributed by atoms with van der Waals surface area (Å²) in [5.74, 6) is -0.519. The Balaban J connectivity index is 1.36. The third kappa shape index (κ3) is 2.91. The molecule has 7 heteroatoms. The summed E-state index contributed by atoms with van der Waals surface area (Å²) in [7, 11) is 0. The number of hydrogen-bond acceptors (Lipinski definition) is 5. The Kier molecular flexibility index (Phi) is 4.24. The number of imide groups is 1. The van der Waals surface area contributed by atoms with Gasteiger partial charge in [-0.2, -0.15) is 15.2 Å². The van der Waals surface area contributed by atoms with E-state index >= 15 is 0 Å². The minimum atomic E-state index is -0.253. The zero-order valence-electron chi connectivity index (χ0n) is 16.7. The molecule has 1 saturated carbocycles. The monoisotopic (exact) mass is 428 g/mol. The van der Waals surface area contributed by atoms with Gasteiger partial charge in [0.2, 0.25) is 0 Å². The average molecular weight is 429 g/mol. The van der Waals surface area contributed by atoms with Gasteiger partial charge in [0.25, 0.3) is 11.8 Å². The number of hydrogen-bond donors (Lipinski definition) is 0. The van der Waals surface area contributed by atoms with Crippen molar-refractivity contribution in [2.75, 3.05) is 0 Å². The van der Waals surface area contributed by atoms with Crippen molar-refractivity contribution in [2.24, 2.45) is 28.8 Å². The second kappa shape index (κ2) is 7.13. The van der Waals surface area contributed by atoms with E-state index in [0.717, 1.165) is 39.7 Å². The molecule has 31 heavy (non-hydrogen) atoms. The van der Waals surface area contributed by atoms with Gasteiger partial charge in [-0.3, -0.25) is 9.59 Å². The van der Waals surface area contributed by atoms with Crippen molar-refractivity contribution in [3.8, 4) is 16.3 Å². The zero-order chi connectivity index (χ0) is 20.9. The van der Waals surface area contributed by atoms with E-state index in [1.807, 2.05) is 54.0 Å². The predicted octanol–water partition coefficient (Wildman–Crippen LogP) is 4.13. The number of fused-ring (bicyclic) bond motifs is 1. The molecule has 3 aromatic rings. The maximum Gasteiger partial charge on any atom is 0.254 e. The fraction of sp³-hybridized carbons (Fsp3) is 0.250. The lowest BCUT2D eigenvalue weighted by molar-refractivity contribution is -0.140. The van der Waals surface area contributed by atoms with Crippen LogP contribution < -0.4 is 0 Å². The molecule has 2 fully saturated rings. The van der Waals surface area contributed by atoms with Crippen LogP contribution in [0.15, 0.2) is 71.3 Å². The molecule has 4 aliphatic rings. The van der Waals surface area contributed by atoms with Crippen LogP contribution >= 0.6 is 11.3 Å². The quantitative estimate of drug-likeness (QED) is 0.356. The molecule has 0 radical (unpaired) electrons. The van der Waals surface area contributed by atoms with Crippen LogP contribution in [0.25, 0.3) is 16.3 Å². The van der Waals surface area contributed by atoms with Crippen molar-refractivity contribution >= 4 is 29.4 Å². The van der Waals surface area contributed by atoms with Crippen LogP contribution in [-0.2, 0) is 9.59 Å². The van der Waals surface area contributed by atoms with Crippen molar-refractivity contribution in [2.45, 2.75) is 12.8 Å². The molecule has 0 unspecified atom stereocenters. The van der Waals surface area contributed by atoms with E-state index in [2.05, 4.69) is 17.3 Å². The Labute approximate surface area is 183 Å². The number of thiophene rings is 1. The molecular formula is C24H20N4O2S. The maximum absolute atomic E-state index is 13.0. The fourth-order valence-electron chi connectivity index (χ4n) is 5.09. The number of rotatable bonds is 4. The lowest BCUT2D eigenvalue weighted by atomic mass is 9.63. The van der Waals surface area contributed by atoms with Crippen molar-refractivity contribution in [3.63, 3.8) is 0 Å². The van der Waals surface area contributed by atoms with Crippen LogP contribution in [0.2, 0.25) is 0 Å². The highest BCUT2D eigenvalue weighted by atomic mass is 32.1.